The molecular weight excluding hydrogens is 848 g/mol. The largest absolute Gasteiger partial charge is 0.495 e. The van der Waals surface area contributed by atoms with E-state index < -0.39 is 22.8 Å². The third-order valence-electron chi connectivity index (χ3n) is 9.08. The van der Waals surface area contributed by atoms with Crippen molar-refractivity contribution in [2.24, 2.45) is 0 Å². The van der Waals surface area contributed by atoms with Gasteiger partial charge in [-0.15, -0.1) is 0 Å². The molecule has 0 saturated carbocycles. The Morgan fingerprint density at radius 3 is 1.60 bits per heavy atom. The number of halogens is 5. The summed E-state index contributed by atoms with van der Waals surface area (Å²) < 4.78 is 60.0. The first-order valence-corrected chi connectivity index (χ1v) is 19.7. The Balaban J connectivity index is 0.000000310. The van der Waals surface area contributed by atoms with Gasteiger partial charge in [0, 0.05) is 30.7 Å². The monoisotopic (exact) mass is 904 g/mol. The molecule has 0 radical (unpaired) electrons. The lowest BCUT2D eigenvalue weighted by molar-refractivity contribution is 0.00578. The van der Waals surface area contributed by atoms with E-state index in [0.717, 1.165) is 17.5 Å². The van der Waals surface area contributed by atoms with Gasteiger partial charge in [0.05, 0.1) is 25.4 Å². The summed E-state index contributed by atoms with van der Waals surface area (Å²) in [4.78, 5) is 27.4. The van der Waals surface area contributed by atoms with Gasteiger partial charge in [-0.3, -0.25) is 0 Å². The molecule has 57 heavy (non-hydrogen) atoms. The van der Waals surface area contributed by atoms with Gasteiger partial charge in [-0.05, 0) is 123 Å². The van der Waals surface area contributed by atoms with Crippen LogP contribution in [0.1, 0.15) is 95.1 Å². The maximum Gasteiger partial charge on any atom is 0.490 e. The Kier molecular flexibility index (Phi) is 17.8. The minimum atomic E-state index is -0.520. The predicted molar refractivity (Wildman–Crippen MR) is 227 cm³/mol. The van der Waals surface area contributed by atoms with Crippen LogP contribution in [0.2, 0.25) is 10.0 Å². The molecule has 2 amide bonds. The molecule has 10 nitrogen and oxygen atoms in total. The SMILES string of the molecule is C.CC(C)(C)OC(=O)N1CC=C(B2OC(C)(C)C(C)(C)O2)CC1.COc1cc(Br)cc(F)c1Cl.COc1cc(C2=CCN(C(=O)OC(C)(C)C)CC2)cc(F)c1Cl. The third kappa shape index (κ3) is 14.3. The molecule has 318 valence electrons. The van der Waals surface area contributed by atoms with Crippen LogP contribution in [0.3, 0.4) is 0 Å². The minimum Gasteiger partial charge on any atom is -0.495 e. The lowest BCUT2D eigenvalue weighted by Gasteiger charge is -2.32. The normalized spacial score (nSPS) is 17.4. The molecule has 0 aromatic heterocycles. The van der Waals surface area contributed by atoms with Crippen LogP contribution in [-0.2, 0) is 18.8 Å². The maximum atomic E-state index is 13.8. The molecule has 1 saturated heterocycles. The quantitative estimate of drug-likeness (QED) is 0.221. The highest BCUT2D eigenvalue weighted by Gasteiger charge is 2.52. The van der Waals surface area contributed by atoms with E-state index in [0.29, 0.717) is 54.1 Å². The number of nitrogens with zero attached hydrogens (tertiary/aromatic N) is 2. The van der Waals surface area contributed by atoms with Gasteiger partial charge in [0.1, 0.15) is 44.4 Å². The van der Waals surface area contributed by atoms with Crippen molar-refractivity contribution in [1.29, 1.82) is 0 Å². The highest BCUT2D eigenvalue weighted by Crippen LogP contribution is 2.40. The third-order valence-corrected chi connectivity index (χ3v) is 10.3. The summed E-state index contributed by atoms with van der Waals surface area (Å²) in [6.45, 7) is 21.4. The van der Waals surface area contributed by atoms with E-state index in [4.69, 9.17) is 51.5 Å². The number of hydrogen-bond acceptors (Lipinski definition) is 8. The Bertz CT molecular complexity index is 1780. The number of benzene rings is 2. The van der Waals surface area contributed by atoms with E-state index >= 15 is 0 Å². The van der Waals surface area contributed by atoms with Crippen LogP contribution in [-0.4, -0.2) is 91.9 Å². The first-order chi connectivity index (χ1) is 25.8. The number of carbonyl (C=O) groups is 2. The number of ether oxygens (including phenoxy) is 4. The summed E-state index contributed by atoms with van der Waals surface area (Å²) in [5, 5.41) is -0.0151. The summed E-state index contributed by atoms with van der Waals surface area (Å²) in [6, 6.07) is 5.98. The Labute approximate surface area is 356 Å². The van der Waals surface area contributed by atoms with E-state index in [1.165, 1.54) is 26.4 Å². The highest BCUT2D eigenvalue weighted by atomic mass is 79.9. The zero-order valence-corrected chi connectivity index (χ0v) is 37.4. The lowest BCUT2D eigenvalue weighted by Crippen LogP contribution is -2.41. The van der Waals surface area contributed by atoms with Crippen molar-refractivity contribution in [3.63, 3.8) is 0 Å². The fourth-order valence-corrected chi connectivity index (χ4v) is 6.17. The topological polar surface area (TPSA) is 96.0 Å². The minimum absolute atomic E-state index is 0. The molecule has 3 heterocycles. The van der Waals surface area contributed by atoms with Crippen LogP contribution in [0.4, 0.5) is 18.4 Å². The van der Waals surface area contributed by atoms with Gasteiger partial charge >= 0.3 is 19.3 Å². The van der Waals surface area contributed by atoms with Gasteiger partial charge in [0.15, 0.2) is 0 Å². The molecule has 3 aliphatic rings. The van der Waals surface area contributed by atoms with Crippen molar-refractivity contribution in [1.82, 2.24) is 9.80 Å². The van der Waals surface area contributed by atoms with Crippen molar-refractivity contribution in [3.05, 3.63) is 73.6 Å². The zero-order valence-electron chi connectivity index (χ0n) is 34.3. The van der Waals surface area contributed by atoms with Gasteiger partial charge in [0.2, 0.25) is 0 Å². The predicted octanol–water partition coefficient (Wildman–Crippen LogP) is 11.6. The summed E-state index contributed by atoms with van der Waals surface area (Å²) in [5.74, 6) is -0.370. The van der Waals surface area contributed by atoms with Crippen LogP contribution in [0.15, 0.2) is 46.4 Å². The van der Waals surface area contributed by atoms with Crippen LogP contribution < -0.4 is 9.47 Å². The number of carbonyl (C=O) groups excluding carboxylic acids is 2. The molecule has 0 spiro atoms. The van der Waals surface area contributed by atoms with Crippen LogP contribution in [0.25, 0.3) is 5.57 Å². The Morgan fingerprint density at radius 1 is 0.754 bits per heavy atom. The summed E-state index contributed by atoms with van der Waals surface area (Å²) in [5.41, 5.74) is 1.13. The van der Waals surface area contributed by atoms with Crippen molar-refractivity contribution in [3.8, 4) is 11.5 Å². The van der Waals surface area contributed by atoms with E-state index in [9.17, 15) is 18.4 Å². The first-order valence-electron chi connectivity index (χ1n) is 18.2. The van der Waals surface area contributed by atoms with E-state index in [2.05, 4.69) is 15.9 Å². The second kappa shape index (κ2) is 20.3. The van der Waals surface area contributed by atoms with E-state index in [1.54, 1.807) is 21.9 Å². The maximum absolute atomic E-state index is 13.8. The van der Waals surface area contributed by atoms with Gasteiger partial charge in [-0.25, -0.2) is 18.4 Å². The van der Waals surface area contributed by atoms with Crippen molar-refractivity contribution < 1.29 is 46.6 Å². The fourth-order valence-electron chi connectivity index (χ4n) is 5.39. The number of amides is 2. The molecule has 2 aromatic rings. The number of methoxy groups -OCH3 is 2. The Hall–Kier alpha value is -3.04. The lowest BCUT2D eigenvalue weighted by atomic mass is 9.75. The van der Waals surface area contributed by atoms with Gasteiger partial charge in [0.25, 0.3) is 0 Å². The Morgan fingerprint density at radius 2 is 1.19 bits per heavy atom. The molecule has 0 bridgehead atoms. The van der Waals surface area contributed by atoms with Crippen LogP contribution >= 0.6 is 39.1 Å². The van der Waals surface area contributed by atoms with Crippen molar-refractivity contribution in [2.45, 2.75) is 112 Å². The molecule has 2 aromatic carbocycles. The first kappa shape index (κ1) is 50.1. The van der Waals surface area contributed by atoms with Gasteiger partial charge in [-0.2, -0.15) is 0 Å². The number of hydrogen-bond donors (Lipinski definition) is 0. The molecule has 5 rings (SSSR count). The molecular formula is C41H58BBrCl2F2N2O8. The molecule has 16 heteroatoms. The standard InChI is InChI=1S/C17H21ClFNO3.C16H28BNO4.C7H5BrClFO.CH4/c1-17(2,3)23-16(21)20-7-5-11(6-8-20)12-9-13(19)15(18)14(10-12)22-4;1-14(2,3)20-13(19)18-10-8-12(9-11-18)17-21-15(4,5)16(6,7)22-17;1-11-6-3-4(8)2-5(10)7(6)9;/h5,9-10H,6-8H2,1-4H3;8H,9-11H2,1-7H3;2-3H,1H3;1H4. The summed E-state index contributed by atoms with van der Waals surface area (Å²) in [7, 11) is 2.57. The summed E-state index contributed by atoms with van der Waals surface area (Å²) in [6.07, 6.45) is 4.68. The average Bonchev–Trinajstić information content (AvgIpc) is 3.32. The molecule has 0 unspecified atom stereocenters. The molecule has 3 aliphatic heterocycles. The molecule has 1 fully saturated rings. The second-order valence-electron chi connectivity index (χ2n) is 16.3. The highest BCUT2D eigenvalue weighted by molar-refractivity contribution is 9.10. The molecule has 0 aliphatic carbocycles. The van der Waals surface area contributed by atoms with Gasteiger partial charge < -0.3 is 38.1 Å². The molecule has 0 atom stereocenters. The van der Waals surface area contributed by atoms with Gasteiger partial charge in [-0.1, -0.05) is 58.7 Å². The van der Waals surface area contributed by atoms with E-state index in [1.807, 2.05) is 81.4 Å². The van der Waals surface area contributed by atoms with Crippen molar-refractivity contribution in [2.75, 3.05) is 40.4 Å². The summed E-state index contributed by atoms with van der Waals surface area (Å²) >= 11 is 14.5. The van der Waals surface area contributed by atoms with Crippen LogP contribution in [0, 0.1) is 11.6 Å². The fraction of sp³-hybridized carbons (Fsp3) is 0.561. The second-order valence-corrected chi connectivity index (χ2v) is 18.0. The van der Waals surface area contributed by atoms with Crippen LogP contribution in [0.5, 0.6) is 11.5 Å². The smallest absolute Gasteiger partial charge is 0.490 e. The average molecular weight is 907 g/mol. The number of rotatable bonds is 4. The molecule has 0 N–H and O–H groups in total. The zero-order chi connectivity index (χ0) is 42.4. The van der Waals surface area contributed by atoms with E-state index in [-0.39, 0.29) is 48.0 Å². The van der Waals surface area contributed by atoms with Crippen molar-refractivity contribution >= 4 is 64.0 Å².